The molecule has 0 bridgehead atoms. The minimum absolute atomic E-state index is 0.0941. The molecule has 0 saturated carbocycles. The van der Waals surface area contributed by atoms with Crippen LogP contribution in [0.25, 0.3) is 0 Å². The van der Waals surface area contributed by atoms with Gasteiger partial charge in [0.05, 0.1) is 0 Å². The second-order valence-electron chi connectivity index (χ2n) is 5.84. The standard InChI is InChI=1S/C14H27BrN2O/c1-11(2)14(8-15)10-17-6-4-13(5-7-17)9-16-12(3)18/h11,13-14H,4-10H2,1-3H3,(H,16,18). The average molecular weight is 319 g/mol. The third-order valence-corrected chi connectivity index (χ3v) is 4.81. The van der Waals surface area contributed by atoms with Crippen molar-refractivity contribution in [2.75, 3.05) is 31.5 Å². The van der Waals surface area contributed by atoms with E-state index < -0.39 is 0 Å². The van der Waals surface area contributed by atoms with Crippen molar-refractivity contribution < 1.29 is 4.79 Å². The number of nitrogens with zero attached hydrogens (tertiary/aromatic N) is 1. The molecule has 4 heteroatoms. The Labute approximate surface area is 120 Å². The lowest BCUT2D eigenvalue weighted by Crippen LogP contribution is -2.41. The largest absolute Gasteiger partial charge is 0.356 e. The second kappa shape index (κ2) is 8.16. The van der Waals surface area contributed by atoms with E-state index in [1.807, 2.05) is 0 Å². The maximum absolute atomic E-state index is 10.9. The predicted octanol–water partition coefficient (Wildman–Crippen LogP) is 2.50. The minimum atomic E-state index is 0.0941. The van der Waals surface area contributed by atoms with Crippen molar-refractivity contribution in [1.82, 2.24) is 10.2 Å². The van der Waals surface area contributed by atoms with Crippen LogP contribution in [-0.4, -0.2) is 42.3 Å². The first-order valence-corrected chi connectivity index (χ1v) is 8.17. The van der Waals surface area contributed by atoms with E-state index in [0.29, 0.717) is 5.92 Å². The van der Waals surface area contributed by atoms with Crippen molar-refractivity contribution in [2.45, 2.75) is 33.6 Å². The Kier molecular flexibility index (Phi) is 7.23. The summed E-state index contributed by atoms with van der Waals surface area (Å²) in [6.07, 6.45) is 2.43. The molecule has 3 nitrogen and oxygen atoms in total. The van der Waals surface area contributed by atoms with Crippen LogP contribution in [0.15, 0.2) is 0 Å². The molecule has 1 N–H and O–H groups in total. The monoisotopic (exact) mass is 318 g/mol. The molecular formula is C14H27BrN2O. The quantitative estimate of drug-likeness (QED) is 0.763. The molecule has 0 spiro atoms. The Bertz CT molecular complexity index is 250. The van der Waals surface area contributed by atoms with Gasteiger partial charge in [-0.1, -0.05) is 29.8 Å². The number of rotatable bonds is 6. The van der Waals surface area contributed by atoms with Gasteiger partial charge in [0.15, 0.2) is 0 Å². The van der Waals surface area contributed by atoms with E-state index >= 15 is 0 Å². The predicted molar refractivity (Wildman–Crippen MR) is 80.0 cm³/mol. The van der Waals surface area contributed by atoms with Gasteiger partial charge >= 0.3 is 0 Å². The molecule has 1 aliphatic rings. The van der Waals surface area contributed by atoms with E-state index in [1.54, 1.807) is 6.92 Å². The zero-order chi connectivity index (χ0) is 13.5. The second-order valence-corrected chi connectivity index (χ2v) is 6.49. The van der Waals surface area contributed by atoms with Gasteiger partial charge in [-0.05, 0) is 43.7 Å². The molecule has 1 amide bonds. The SMILES string of the molecule is CC(=O)NCC1CCN(CC(CBr)C(C)C)CC1. The van der Waals surface area contributed by atoms with Crippen LogP contribution >= 0.6 is 15.9 Å². The molecule has 1 rings (SSSR count). The van der Waals surface area contributed by atoms with Crippen molar-refractivity contribution in [1.29, 1.82) is 0 Å². The van der Waals surface area contributed by atoms with Crippen LogP contribution in [0.3, 0.4) is 0 Å². The molecule has 1 heterocycles. The highest BCUT2D eigenvalue weighted by Gasteiger charge is 2.22. The molecule has 106 valence electrons. The van der Waals surface area contributed by atoms with Crippen LogP contribution in [0.1, 0.15) is 33.6 Å². The number of alkyl halides is 1. The number of carbonyl (C=O) groups is 1. The van der Waals surface area contributed by atoms with Gasteiger partial charge in [-0.2, -0.15) is 0 Å². The van der Waals surface area contributed by atoms with Crippen molar-refractivity contribution in [2.24, 2.45) is 17.8 Å². The Balaban J connectivity index is 2.24. The number of hydrogen-bond acceptors (Lipinski definition) is 2. The number of likely N-dealkylation sites (tertiary alicyclic amines) is 1. The molecule has 0 aliphatic carbocycles. The number of carbonyl (C=O) groups excluding carboxylic acids is 1. The van der Waals surface area contributed by atoms with Crippen molar-refractivity contribution in [3.8, 4) is 0 Å². The van der Waals surface area contributed by atoms with Gasteiger partial charge in [0.2, 0.25) is 5.91 Å². The van der Waals surface area contributed by atoms with Gasteiger partial charge in [0.1, 0.15) is 0 Å². The summed E-state index contributed by atoms with van der Waals surface area (Å²) < 4.78 is 0. The molecule has 1 aliphatic heterocycles. The average Bonchev–Trinajstić information content (AvgIpc) is 2.34. The van der Waals surface area contributed by atoms with Crippen molar-refractivity contribution in [3.05, 3.63) is 0 Å². The smallest absolute Gasteiger partial charge is 0.216 e. The number of amides is 1. The number of hydrogen-bond donors (Lipinski definition) is 1. The summed E-state index contributed by atoms with van der Waals surface area (Å²) in [7, 11) is 0. The Morgan fingerprint density at radius 3 is 2.44 bits per heavy atom. The van der Waals surface area contributed by atoms with Crippen molar-refractivity contribution >= 4 is 21.8 Å². The maximum atomic E-state index is 10.9. The van der Waals surface area contributed by atoms with Gasteiger partial charge in [0.25, 0.3) is 0 Å². The van der Waals surface area contributed by atoms with Gasteiger partial charge in [0, 0.05) is 25.3 Å². The fraction of sp³-hybridized carbons (Fsp3) is 0.929. The van der Waals surface area contributed by atoms with Gasteiger partial charge in [-0.15, -0.1) is 0 Å². The Hall–Kier alpha value is -0.0900. The Morgan fingerprint density at radius 2 is 2.00 bits per heavy atom. The van der Waals surface area contributed by atoms with Crippen LogP contribution in [0.5, 0.6) is 0 Å². The lowest BCUT2D eigenvalue weighted by atomic mass is 9.93. The normalized spacial score (nSPS) is 20.1. The molecule has 0 radical (unpaired) electrons. The molecular weight excluding hydrogens is 292 g/mol. The summed E-state index contributed by atoms with van der Waals surface area (Å²) in [5.41, 5.74) is 0. The lowest BCUT2D eigenvalue weighted by molar-refractivity contribution is -0.119. The highest BCUT2D eigenvalue weighted by Crippen LogP contribution is 2.21. The first-order valence-electron chi connectivity index (χ1n) is 7.05. The first kappa shape index (κ1) is 16.0. The van der Waals surface area contributed by atoms with Crippen LogP contribution in [0.2, 0.25) is 0 Å². The number of halogens is 1. The van der Waals surface area contributed by atoms with Crippen LogP contribution in [0.4, 0.5) is 0 Å². The third-order valence-electron chi connectivity index (χ3n) is 3.98. The molecule has 0 aromatic carbocycles. The van der Waals surface area contributed by atoms with Gasteiger partial charge < -0.3 is 10.2 Å². The van der Waals surface area contributed by atoms with Gasteiger partial charge in [-0.3, -0.25) is 4.79 Å². The molecule has 1 saturated heterocycles. The summed E-state index contributed by atoms with van der Waals surface area (Å²) in [5.74, 6) is 2.25. The topological polar surface area (TPSA) is 32.3 Å². The summed E-state index contributed by atoms with van der Waals surface area (Å²) in [6.45, 7) is 10.6. The number of piperidine rings is 1. The first-order chi connectivity index (χ1) is 8.52. The van der Waals surface area contributed by atoms with E-state index in [-0.39, 0.29) is 5.91 Å². The third kappa shape index (κ3) is 5.70. The summed E-state index contributed by atoms with van der Waals surface area (Å²) >= 11 is 3.62. The molecule has 1 unspecified atom stereocenters. The highest BCUT2D eigenvalue weighted by atomic mass is 79.9. The Morgan fingerprint density at radius 1 is 1.39 bits per heavy atom. The lowest BCUT2D eigenvalue weighted by Gasteiger charge is -2.35. The molecule has 0 aromatic rings. The van der Waals surface area contributed by atoms with Crippen LogP contribution in [-0.2, 0) is 4.79 Å². The van der Waals surface area contributed by atoms with Gasteiger partial charge in [-0.25, -0.2) is 0 Å². The molecule has 1 atom stereocenters. The zero-order valence-corrected chi connectivity index (χ0v) is 13.5. The summed E-state index contributed by atoms with van der Waals surface area (Å²) in [6, 6.07) is 0. The fourth-order valence-electron chi connectivity index (χ4n) is 2.43. The number of nitrogens with one attached hydrogen (secondary N) is 1. The van der Waals surface area contributed by atoms with E-state index in [4.69, 9.17) is 0 Å². The summed E-state index contributed by atoms with van der Waals surface area (Å²) in [4.78, 5) is 13.5. The van der Waals surface area contributed by atoms with E-state index in [2.05, 4.69) is 40.0 Å². The van der Waals surface area contributed by atoms with E-state index in [9.17, 15) is 4.79 Å². The minimum Gasteiger partial charge on any atom is -0.356 e. The maximum Gasteiger partial charge on any atom is 0.216 e. The fourth-order valence-corrected chi connectivity index (χ4v) is 3.38. The van der Waals surface area contributed by atoms with E-state index in [0.717, 1.165) is 23.7 Å². The molecule has 0 aromatic heterocycles. The highest BCUT2D eigenvalue weighted by molar-refractivity contribution is 9.09. The van der Waals surface area contributed by atoms with Crippen LogP contribution in [0, 0.1) is 17.8 Å². The van der Waals surface area contributed by atoms with E-state index in [1.165, 1.54) is 32.5 Å². The summed E-state index contributed by atoms with van der Waals surface area (Å²) in [5, 5.41) is 4.03. The molecule has 18 heavy (non-hydrogen) atoms. The molecule has 1 fully saturated rings. The van der Waals surface area contributed by atoms with Crippen LogP contribution < -0.4 is 5.32 Å². The van der Waals surface area contributed by atoms with Crippen molar-refractivity contribution in [3.63, 3.8) is 0 Å². The zero-order valence-electron chi connectivity index (χ0n) is 11.9.